The minimum absolute atomic E-state index is 0.0224. The van der Waals surface area contributed by atoms with Gasteiger partial charge >= 0.3 is 6.03 Å². The van der Waals surface area contributed by atoms with Crippen molar-refractivity contribution < 1.29 is 4.79 Å². The van der Waals surface area contributed by atoms with Gasteiger partial charge in [-0.15, -0.1) is 0 Å². The van der Waals surface area contributed by atoms with Crippen LogP contribution in [-0.2, 0) is 5.54 Å². The van der Waals surface area contributed by atoms with E-state index in [0.29, 0.717) is 13.0 Å². The molecule has 2 amide bonds. The quantitative estimate of drug-likeness (QED) is 0.643. The molecule has 5 heteroatoms. The number of rotatable bonds is 5. The van der Waals surface area contributed by atoms with Crippen LogP contribution in [0, 0.1) is 16.7 Å². The molecule has 0 unspecified atom stereocenters. The smallest absolute Gasteiger partial charge is 0.318 e. The fourth-order valence-electron chi connectivity index (χ4n) is 4.04. The molecule has 1 heterocycles. The van der Waals surface area contributed by atoms with Crippen molar-refractivity contribution >= 4 is 22.0 Å². The van der Waals surface area contributed by atoms with Gasteiger partial charge in [0, 0.05) is 11.0 Å². The van der Waals surface area contributed by atoms with E-state index in [1.807, 2.05) is 73.3 Å². The number of urea groups is 1. The van der Waals surface area contributed by atoms with Gasteiger partial charge in [-0.2, -0.15) is 5.26 Å². The Hall–Kier alpha value is -2.32. The van der Waals surface area contributed by atoms with Crippen LogP contribution in [0.2, 0.25) is 0 Å². The summed E-state index contributed by atoms with van der Waals surface area (Å²) in [4.78, 5) is 15.0. The Balaban J connectivity index is 1.88. The molecule has 1 aliphatic rings. The van der Waals surface area contributed by atoms with Gasteiger partial charge in [0.05, 0.1) is 23.1 Å². The number of nitriles is 1. The summed E-state index contributed by atoms with van der Waals surface area (Å²) < 4.78 is 1.02. The van der Waals surface area contributed by atoms with E-state index in [4.69, 9.17) is 0 Å². The lowest BCUT2D eigenvalue weighted by Gasteiger charge is -2.46. The lowest BCUT2D eigenvalue weighted by molar-refractivity contribution is 0.109. The highest BCUT2D eigenvalue weighted by atomic mass is 79.9. The van der Waals surface area contributed by atoms with Gasteiger partial charge in [-0.05, 0) is 56.9 Å². The lowest BCUT2D eigenvalue weighted by atomic mass is 9.73. The predicted octanol–water partition coefficient (Wildman–Crippen LogP) is 5.76. The molecule has 2 aromatic rings. The zero-order valence-corrected chi connectivity index (χ0v) is 18.2. The van der Waals surface area contributed by atoms with Gasteiger partial charge in [-0.1, -0.05) is 58.4 Å². The first-order valence-corrected chi connectivity index (χ1v) is 10.4. The van der Waals surface area contributed by atoms with Crippen molar-refractivity contribution in [3.63, 3.8) is 0 Å². The first kappa shape index (κ1) is 20.4. The third kappa shape index (κ3) is 4.23. The number of amides is 2. The van der Waals surface area contributed by atoms with E-state index in [2.05, 4.69) is 34.2 Å². The van der Waals surface area contributed by atoms with Crippen LogP contribution >= 0.6 is 15.9 Å². The number of carbonyl (C=O) groups is 1. The predicted molar refractivity (Wildman–Crippen MR) is 115 cm³/mol. The standard InChI is InChI=1S/C23H26BrN3O/c1-17(18-9-11-20(24)12-10-18)27-14-13-23(26-21(27)28,15-22(2,3)16-25)19-7-5-4-6-8-19/h4-12,17H,13-15H2,1-3H3,(H,26,28)/t17-,23-/m1/s1. The molecule has 4 nitrogen and oxygen atoms in total. The van der Waals surface area contributed by atoms with Gasteiger partial charge in [-0.25, -0.2) is 4.79 Å². The van der Waals surface area contributed by atoms with Crippen molar-refractivity contribution in [2.24, 2.45) is 5.41 Å². The second kappa shape index (κ2) is 7.97. The Bertz CT molecular complexity index is 873. The number of halogens is 1. The van der Waals surface area contributed by atoms with Crippen LogP contribution in [0.5, 0.6) is 0 Å². The lowest BCUT2D eigenvalue weighted by Crippen LogP contribution is -2.59. The average molecular weight is 440 g/mol. The topological polar surface area (TPSA) is 56.1 Å². The third-order valence-corrected chi connectivity index (χ3v) is 6.11. The van der Waals surface area contributed by atoms with E-state index in [0.717, 1.165) is 22.0 Å². The van der Waals surface area contributed by atoms with Gasteiger partial charge < -0.3 is 10.2 Å². The van der Waals surface area contributed by atoms with Crippen LogP contribution in [-0.4, -0.2) is 17.5 Å². The monoisotopic (exact) mass is 439 g/mol. The number of nitrogens with one attached hydrogen (secondary N) is 1. The summed E-state index contributed by atoms with van der Waals surface area (Å²) in [7, 11) is 0. The molecule has 0 aromatic heterocycles. The molecular formula is C23H26BrN3O. The van der Waals surface area contributed by atoms with E-state index in [-0.39, 0.29) is 12.1 Å². The van der Waals surface area contributed by atoms with Crippen molar-refractivity contribution in [2.45, 2.75) is 45.2 Å². The van der Waals surface area contributed by atoms with Crippen molar-refractivity contribution in [3.8, 4) is 6.07 Å². The molecule has 1 saturated heterocycles. The van der Waals surface area contributed by atoms with Gasteiger partial charge in [0.15, 0.2) is 0 Å². The van der Waals surface area contributed by atoms with Crippen LogP contribution < -0.4 is 5.32 Å². The van der Waals surface area contributed by atoms with E-state index in [1.165, 1.54) is 0 Å². The molecule has 0 bridgehead atoms. The fourth-order valence-corrected chi connectivity index (χ4v) is 4.31. The molecule has 1 N–H and O–H groups in total. The SMILES string of the molecule is C[C@H](c1ccc(Br)cc1)N1CC[C@@](CC(C)(C)C#N)(c2ccccc2)NC1=O. The second-order valence-corrected chi connectivity index (χ2v) is 9.14. The molecule has 1 fully saturated rings. The summed E-state index contributed by atoms with van der Waals surface area (Å²) >= 11 is 3.46. The van der Waals surface area contributed by atoms with E-state index < -0.39 is 11.0 Å². The minimum atomic E-state index is -0.539. The summed E-state index contributed by atoms with van der Waals surface area (Å²) in [5.41, 5.74) is 1.08. The van der Waals surface area contributed by atoms with Crippen LogP contribution in [0.25, 0.3) is 0 Å². The maximum atomic E-state index is 13.2. The van der Waals surface area contributed by atoms with Crippen molar-refractivity contribution in [2.75, 3.05) is 6.54 Å². The number of carbonyl (C=O) groups excluding carboxylic acids is 1. The van der Waals surface area contributed by atoms with Crippen molar-refractivity contribution in [1.29, 1.82) is 5.26 Å². The molecule has 2 atom stereocenters. The fraction of sp³-hybridized carbons (Fsp3) is 0.391. The molecule has 0 radical (unpaired) electrons. The molecule has 146 valence electrons. The Morgan fingerprint density at radius 1 is 1.21 bits per heavy atom. The number of benzene rings is 2. The first-order chi connectivity index (χ1) is 13.3. The van der Waals surface area contributed by atoms with Gasteiger partial charge in [-0.3, -0.25) is 0 Å². The summed E-state index contributed by atoms with van der Waals surface area (Å²) in [6.07, 6.45) is 1.33. The summed E-state index contributed by atoms with van der Waals surface area (Å²) in [6, 6.07) is 20.4. The van der Waals surface area contributed by atoms with Crippen molar-refractivity contribution in [1.82, 2.24) is 10.2 Å². The van der Waals surface area contributed by atoms with E-state index in [1.54, 1.807) is 0 Å². The van der Waals surface area contributed by atoms with Gasteiger partial charge in [0.2, 0.25) is 0 Å². The average Bonchev–Trinajstić information content (AvgIpc) is 2.68. The molecule has 0 spiro atoms. The molecule has 0 saturated carbocycles. The maximum absolute atomic E-state index is 13.2. The Labute approximate surface area is 175 Å². The maximum Gasteiger partial charge on any atom is 0.318 e. The van der Waals surface area contributed by atoms with Gasteiger partial charge in [0.25, 0.3) is 0 Å². The summed E-state index contributed by atoms with van der Waals surface area (Å²) in [5.74, 6) is 0. The minimum Gasteiger partial charge on any atom is -0.328 e. The highest BCUT2D eigenvalue weighted by Crippen LogP contribution is 2.40. The van der Waals surface area contributed by atoms with Gasteiger partial charge in [0.1, 0.15) is 0 Å². The van der Waals surface area contributed by atoms with Crippen LogP contribution in [0.15, 0.2) is 59.1 Å². The summed E-state index contributed by atoms with van der Waals surface area (Å²) in [6.45, 7) is 6.55. The molecule has 28 heavy (non-hydrogen) atoms. The third-order valence-electron chi connectivity index (χ3n) is 5.58. The van der Waals surface area contributed by atoms with Crippen molar-refractivity contribution in [3.05, 3.63) is 70.2 Å². The largest absolute Gasteiger partial charge is 0.328 e. The normalized spacial score (nSPS) is 21.0. The zero-order valence-electron chi connectivity index (χ0n) is 16.6. The Kier molecular flexibility index (Phi) is 5.81. The van der Waals surface area contributed by atoms with E-state index in [9.17, 15) is 10.1 Å². The number of hydrogen-bond acceptors (Lipinski definition) is 2. The molecule has 0 aliphatic carbocycles. The Morgan fingerprint density at radius 3 is 2.43 bits per heavy atom. The zero-order chi connectivity index (χ0) is 20.4. The molecule has 3 rings (SSSR count). The second-order valence-electron chi connectivity index (χ2n) is 8.22. The molecule has 1 aliphatic heterocycles. The van der Waals surface area contributed by atoms with Crippen LogP contribution in [0.3, 0.4) is 0 Å². The first-order valence-electron chi connectivity index (χ1n) is 9.57. The molecular weight excluding hydrogens is 414 g/mol. The van der Waals surface area contributed by atoms with Crippen LogP contribution in [0.1, 0.15) is 50.8 Å². The molecule has 2 aromatic carbocycles. The number of hydrogen-bond donors (Lipinski definition) is 1. The summed E-state index contributed by atoms with van der Waals surface area (Å²) in [5, 5.41) is 12.9. The highest BCUT2D eigenvalue weighted by molar-refractivity contribution is 9.10. The van der Waals surface area contributed by atoms with Crippen LogP contribution in [0.4, 0.5) is 4.79 Å². The Morgan fingerprint density at radius 2 is 1.86 bits per heavy atom. The number of nitrogens with zero attached hydrogens (tertiary/aromatic N) is 2. The van der Waals surface area contributed by atoms with E-state index >= 15 is 0 Å². The highest BCUT2D eigenvalue weighted by Gasteiger charge is 2.44.